The smallest absolute Gasteiger partial charge is 0.220 e. The monoisotopic (exact) mass is 187 g/mol. The Morgan fingerprint density at radius 1 is 1.64 bits per heavy atom. The SMILES string of the molecule is N#Cc1ncccc1C1CNC(=O)C1. The molecule has 4 nitrogen and oxygen atoms in total. The zero-order valence-corrected chi connectivity index (χ0v) is 7.53. The summed E-state index contributed by atoms with van der Waals surface area (Å²) in [5.74, 6) is 0.147. The molecule has 2 rings (SSSR count). The van der Waals surface area contributed by atoms with Crippen LogP contribution in [0.3, 0.4) is 0 Å². The predicted molar refractivity (Wildman–Crippen MR) is 49.3 cm³/mol. The molecule has 1 aromatic rings. The van der Waals surface area contributed by atoms with Gasteiger partial charge in [-0.25, -0.2) is 4.98 Å². The lowest BCUT2D eigenvalue weighted by Gasteiger charge is -2.07. The van der Waals surface area contributed by atoms with Crippen molar-refractivity contribution in [3.05, 3.63) is 29.6 Å². The van der Waals surface area contributed by atoms with Crippen LogP contribution in [0.25, 0.3) is 0 Å². The predicted octanol–water partition coefficient (Wildman–Crippen LogP) is 0.557. The van der Waals surface area contributed by atoms with E-state index in [2.05, 4.69) is 10.3 Å². The van der Waals surface area contributed by atoms with Gasteiger partial charge in [-0.1, -0.05) is 6.07 Å². The minimum atomic E-state index is 0.0442. The van der Waals surface area contributed by atoms with E-state index in [9.17, 15) is 4.79 Å². The third-order valence-corrected chi connectivity index (χ3v) is 2.36. The van der Waals surface area contributed by atoms with Crippen LogP contribution in [0, 0.1) is 11.3 Å². The molecule has 0 radical (unpaired) electrons. The molecule has 14 heavy (non-hydrogen) atoms. The zero-order chi connectivity index (χ0) is 9.97. The fourth-order valence-corrected chi connectivity index (χ4v) is 1.67. The van der Waals surface area contributed by atoms with Crippen LogP contribution in [-0.2, 0) is 4.79 Å². The summed E-state index contributed by atoms with van der Waals surface area (Å²) in [6.45, 7) is 0.610. The van der Waals surface area contributed by atoms with Gasteiger partial charge in [0.1, 0.15) is 11.8 Å². The van der Waals surface area contributed by atoms with Gasteiger partial charge in [0, 0.05) is 25.1 Å². The number of amides is 1. The summed E-state index contributed by atoms with van der Waals surface area (Å²) < 4.78 is 0. The first-order valence-corrected chi connectivity index (χ1v) is 4.43. The van der Waals surface area contributed by atoms with Crippen LogP contribution >= 0.6 is 0 Å². The second-order valence-electron chi connectivity index (χ2n) is 3.26. The van der Waals surface area contributed by atoms with Crippen molar-refractivity contribution in [2.45, 2.75) is 12.3 Å². The Kier molecular flexibility index (Phi) is 2.15. The molecule has 0 saturated carbocycles. The van der Waals surface area contributed by atoms with Gasteiger partial charge in [-0.3, -0.25) is 4.79 Å². The lowest BCUT2D eigenvalue weighted by molar-refractivity contribution is -0.119. The van der Waals surface area contributed by atoms with E-state index < -0.39 is 0 Å². The van der Waals surface area contributed by atoms with Crippen molar-refractivity contribution in [2.75, 3.05) is 6.54 Å². The van der Waals surface area contributed by atoms with Crippen LogP contribution in [0.5, 0.6) is 0 Å². The molecule has 1 atom stereocenters. The van der Waals surface area contributed by atoms with E-state index >= 15 is 0 Å². The highest BCUT2D eigenvalue weighted by Crippen LogP contribution is 2.24. The van der Waals surface area contributed by atoms with Crippen LogP contribution < -0.4 is 5.32 Å². The Hall–Kier alpha value is -1.89. The summed E-state index contributed by atoms with van der Waals surface area (Å²) in [5, 5.41) is 11.6. The molecule has 70 valence electrons. The van der Waals surface area contributed by atoms with E-state index in [1.807, 2.05) is 12.1 Å². The topological polar surface area (TPSA) is 65.8 Å². The van der Waals surface area contributed by atoms with Crippen LogP contribution in [0.2, 0.25) is 0 Å². The maximum atomic E-state index is 11.0. The number of nitriles is 1. The molecule has 0 aromatic carbocycles. The molecule has 0 bridgehead atoms. The Bertz CT molecular complexity index is 408. The van der Waals surface area contributed by atoms with Crippen molar-refractivity contribution in [3.8, 4) is 6.07 Å². The largest absolute Gasteiger partial charge is 0.355 e. The van der Waals surface area contributed by atoms with Gasteiger partial charge in [0.15, 0.2) is 0 Å². The first-order valence-electron chi connectivity index (χ1n) is 4.43. The number of nitrogens with zero attached hydrogens (tertiary/aromatic N) is 2. The van der Waals surface area contributed by atoms with Crippen molar-refractivity contribution in [3.63, 3.8) is 0 Å². The molecular weight excluding hydrogens is 178 g/mol. The van der Waals surface area contributed by atoms with E-state index in [4.69, 9.17) is 5.26 Å². The lowest BCUT2D eigenvalue weighted by Crippen LogP contribution is -2.13. The number of rotatable bonds is 1. The van der Waals surface area contributed by atoms with E-state index in [1.165, 1.54) is 0 Å². The quantitative estimate of drug-likeness (QED) is 0.698. The van der Waals surface area contributed by atoms with Crippen molar-refractivity contribution in [1.29, 1.82) is 5.26 Å². The number of hydrogen-bond acceptors (Lipinski definition) is 3. The standard InChI is InChI=1S/C10H9N3O/c11-5-9-8(2-1-3-12-9)7-4-10(14)13-6-7/h1-3,7H,4,6H2,(H,13,14). The van der Waals surface area contributed by atoms with Crippen LogP contribution in [0.1, 0.15) is 23.6 Å². The summed E-state index contributed by atoms with van der Waals surface area (Å²) in [6.07, 6.45) is 2.05. The van der Waals surface area contributed by atoms with Crippen LogP contribution in [0.4, 0.5) is 0 Å². The first-order chi connectivity index (χ1) is 6.81. The number of nitrogens with one attached hydrogen (secondary N) is 1. The average molecular weight is 187 g/mol. The summed E-state index contributed by atoms with van der Waals surface area (Å²) >= 11 is 0. The number of hydrogen-bond donors (Lipinski definition) is 1. The van der Waals surface area contributed by atoms with E-state index in [-0.39, 0.29) is 11.8 Å². The first kappa shape index (κ1) is 8.70. The van der Waals surface area contributed by atoms with Crippen LogP contribution in [-0.4, -0.2) is 17.4 Å². The number of carbonyl (C=O) groups excluding carboxylic acids is 1. The number of aromatic nitrogens is 1. The average Bonchev–Trinajstić information content (AvgIpc) is 2.65. The van der Waals surface area contributed by atoms with Gasteiger partial charge in [-0.05, 0) is 11.6 Å². The minimum Gasteiger partial charge on any atom is -0.355 e. The third kappa shape index (κ3) is 1.44. The molecule has 2 heterocycles. The van der Waals surface area contributed by atoms with Gasteiger partial charge < -0.3 is 5.32 Å². The second-order valence-corrected chi connectivity index (χ2v) is 3.26. The minimum absolute atomic E-state index is 0.0442. The molecule has 1 aromatic heterocycles. The molecule has 1 saturated heterocycles. The summed E-state index contributed by atoms with van der Waals surface area (Å²) in [7, 11) is 0. The van der Waals surface area contributed by atoms with E-state index in [0.717, 1.165) is 5.56 Å². The molecule has 1 aliphatic heterocycles. The Labute approximate surface area is 81.6 Å². The van der Waals surface area contributed by atoms with Crippen molar-refractivity contribution >= 4 is 5.91 Å². The van der Waals surface area contributed by atoms with Crippen molar-refractivity contribution < 1.29 is 4.79 Å². The molecule has 1 unspecified atom stereocenters. The summed E-state index contributed by atoms with van der Waals surface area (Å²) in [5.41, 5.74) is 1.29. The van der Waals surface area contributed by atoms with Gasteiger partial charge in [-0.2, -0.15) is 5.26 Å². The molecular formula is C10H9N3O. The van der Waals surface area contributed by atoms with E-state index in [1.54, 1.807) is 12.3 Å². The summed E-state index contributed by atoms with van der Waals surface area (Å²) in [6, 6.07) is 5.69. The second kappa shape index (κ2) is 3.46. The molecule has 1 aliphatic rings. The lowest BCUT2D eigenvalue weighted by atomic mass is 9.97. The normalized spacial score (nSPS) is 20.2. The molecule has 1 fully saturated rings. The maximum absolute atomic E-state index is 11.0. The van der Waals surface area contributed by atoms with E-state index in [0.29, 0.717) is 18.7 Å². The third-order valence-electron chi connectivity index (χ3n) is 2.36. The fraction of sp³-hybridized carbons (Fsp3) is 0.300. The zero-order valence-electron chi connectivity index (χ0n) is 7.53. The van der Waals surface area contributed by atoms with Gasteiger partial charge >= 0.3 is 0 Å². The van der Waals surface area contributed by atoms with Gasteiger partial charge in [0.05, 0.1) is 0 Å². The van der Waals surface area contributed by atoms with Gasteiger partial charge in [-0.15, -0.1) is 0 Å². The van der Waals surface area contributed by atoms with Gasteiger partial charge in [0.2, 0.25) is 5.91 Å². The van der Waals surface area contributed by atoms with Crippen molar-refractivity contribution in [1.82, 2.24) is 10.3 Å². The van der Waals surface area contributed by atoms with Gasteiger partial charge in [0.25, 0.3) is 0 Å². The molecule has 1 amide bonds. The maximum Gasteiger partial charge on any atom is 0.220 e. The summed E-state index contributed by atoms with van der Waals surface area (Å²) in [4.78, 5) is 15.0. The number of pyridine rings is 1. The molecule has 1 N–H and O–H groups in total. The highest BCUT2D eigenvalue weighted by molar-refractivity contribution is 5.79. The Morgan fingerprint density at radius 3 is 3.14 bits per heavy atom. The highest BCUT2D eigenvalue weighted by Gasteiger charge is 2.25. The Morgan fingerprint density at radius 2 is 2.50 bits per heavy atom. The molecule has 4 heteroatoms. The van der Waals surface area contributed by atoms with Crippen LogP contribution in [0.15, 0.2) is 18.3 Å². The fourth-order valence-electron chi connectivity index (χ4n) is 1.67. The highest BCUT2D eigenvalue weighted by atomic mass is 16.1. The molecule has 0 spiro atoms. The molecule has 0 aliphatic carbocycles. The Balaban J connectivity index is 2.33. The number of carbonyl (C=O) groups is 1. The van der Waals surface area contributed by atoms with Crippen molar-refractivity contribution in [2.24, 2.45) is 0 Å².